The van der Waals surface area contributed by atoms with Gasteiger partial charge in [-0.3, -0.25) is 4.79 Å². The molecule has 0 spiro atoms. The summed E-state index contributed by atoms with van der Waals surface area (Å²) in [5.41, 5.74) is 0.985. The van der Waals surface area contributed by atoms with Crippen LogP contribution in [0.2, 0.25) is 10.0 Å². The lowest BCUT2D eigenvalue weighted by Crippen LogP contribution is -2.10. The van der Waals surface area contributed by atoms with Crippen LogP contribution in [0.25, 0.3) is 10.1 Å². The third kappa shape index (κ3) is 2.92. The van der Waals surface area contributed by atoms with Crippen LogP contribution in [0.3, 0.4) is 0 Å². The van der Waals surface area contributed by atoms with Gasteiger partial charge in [0.1, 0.15) is 15.6 Å². The first kappa shape index (κ1) is 16.6. The minimum absolute atomic E-state index is 0.341. The van der Waals surface area contributed by atoms with Crippen molar-refractivity contribution < 1.29 is 9.53 Å². The van der Waals surface area contributed by atoms with E-state index in [-0.39, 0.29) is 5.91 Å². The first-order chi connectivity index (χ1) is 11.5. The molecule has 7 heteroatoms. The molecule has 0 aliphatic carbocycles. The summed E-state index contributed by atoms with van der Waals surface area (Å²) >= 11 is 13.8. The molecule has 4 nitrogen and oxygen atoms in total. The SMILES string of the molecule is COc1ccc2c(Cl)c(C(=O)Nc3cccc(C#N)c3)sc2c1Cl. The number of benzene rings is 2. The quantitative estimate of drug-likeness (QED) is 0.670. The molecule has 3 rings (SSSR count). The second-order valence-corrected chi connectivity index (χ2v) is 6.63. The summed E-state index contributed by atoms with van der Waals surface area (Å²) in [7, 11) is 1.53. The number of nitrogens with one attached hydrogen (secondary N) is 1. The van der Waals surface area contributed by atoms with Gasteiger partial charge in [0.05, 0.1) is 28.5 Å². The molecule has 0 saturated heterocycles. The molecule has 0 saturated carbocycles. The zero-order chi connectivity index (χ0) is 17.3. The summed E-state index contributed by atoms with van der Waals surface area (Å²) in [5.74, 6) is 0.169. The van der Waals surface area contributed by atoms with Gasteiger partial charge in [-0.2, -0.15) is 5.26 Å². The smallest absolute Gasteiger partial charge is 0.267 e. The van der Waals surface area contributed by atoms with Crippen LogP contribution in [0.5, 0.6) is 5.75 Å². The second kappa shape index (κ2) is 6.70. The van der Waals surface area contributed by atoms with Gasteiger partial charge in [0, 0.05) is 11.1 Å². The Kier molecular flexibility index (Phi) is 4.63. The summed E-state index contributed by atoms with van der Waals surface area (Å²) in [6.07, 6.45) is 0. The molecule has 0 unspecified atom stereocenters. The molecule has 1 amide bonds. The number of fused-ring (bicyclic) bond motifs is 1. The summed E-state index contributed by atoms with van der Waals surface area (Å²) in [6, 6.07) is 12.2. The number of nitriles is 1. The molecule has 2 aromatic carbocycles. The summed E-state index contributed by atoms with van der Waals surface area (Å²) in [5, 5.41) is 13.1. The molecular formula is C17H10Cl2N2O2S. The number of methoxy groups -OCH3 is 1. The van der Waals surface area contributed by atoms with Gasteiger partial charge >= 0.3 is 0 Å². The van der Waals surface area contributed by atoms with E-state index in [1.807, 2.05) is 6.07 Å². The molecule has 1 aromatic heterocycles. The highest BCUT2D eigenvalue weighted by atomic mass is 35.5. The first-order valence-corrected chi connectivity index (χ1v) is 8.38. The van der Waals surface area contributed by atoms with Crippen LogP contribution in [0.15, 0.2) is 36.4 Å². The highest BCUT2D eigenvalue weighted by molar-refractivity contribution is 7.22. The Morgan fingerprint density at radius 2 is 2.04 bits per heavy atom. The molecule has 0 atom stereocenters. The molecule has 0 radical (unpaired) electrons. The number of hydrogen-bond donors (Lipinski definition) is 1. The van der Waals surface area contributed by atoms with Crippen LogP contribution in [-0.4, -0.2) is 13.0 Å². The van der Waals surface area contributed by atoms with Crippen molar-refractivity contribution >= 4 is 56.2 Å². The molecule has 0 aliphatic heterocycles. The number of carbonyl (C=O) groups is 1. The maximum absolute atomic E-state index is 12.5. The Morgan fingerprint density at radius 1 is 1.25 bits per heavy atom. The van der Waals surface area contributed by atoms with Crippen LogP contribution in [-0.2, 0) is 0 Å². The van der Waals surface area contributed by atoms with Gasteiger partial charge in [0.2, 0.25) is 0 Å². The standard InChI is InChI=1S/C17H10Cl2N2O2S/c1-23-12-6-5-11-13(18)16(24-15(11)14(12)19)17(22)21-10-4-2-3-9(7-10)8-20/h2-7H,1H3,(H,21,22). The lowest BCUT2D eigenvalue weighted by Gasteiger charge is -2.04. The Morgan fingerprint density at radius 3 is 2.75 bits per heavy atom. The normalized spacial score (nSPS) is 10.4. The van der Waals surface area contributed by atoms with Crippen molar-refractivity contribution in [1.82, 2.24) is 0 Å². The van der Waals surface area contributed by atoms with Crippen molar-refractivity contribution in [2.45, 2.75) is 0 Å². The van der Waals surface area contributed by atoms with E-state index < -0.39 is 0 Å². The van der Waals surface area contributed by atoms with Gasteiger partial charge in [0.15, 0.2) is 0 Å². The highest BCUT2D eigenvalue weighted by Crippen LogP contribution is 2.43. The van der Waals surface area contributed by atoms with E-state index in [2.05, 4.69) is 5.32 Å². The van der Waals surface area contributed by atoms with E-state index in [9.17, 15) is 4.79 Å². The number of rotatable bonds is 3. The number of ether oxygens (including phenoxy) is 1. The summed E-state index contributed by atoms with van der Waals surface area (Å²) < 4.78 is 5.88. The fourth-order valence-corrected chi connectivity index (χ4v) is 4.03. The monoisotopic (exact) mass is 376 g/mol. The van der Waals surface area contributed by atoms with Crippen molar-refractivity contribution in [3.8, 4) is 11.8 Å². The van der Waals surface area contributed by atoms with Crippen LogP contribution >= 0.6 is 34.5 Å². The van der Waals surface area contributed by atoms with E-state index in [1.165, 1.54) is 18.4 Å². The van der Waals surface area contributed by atoms with E-state index in [1.54, 1.807) is 36.4 Å². The fraction of sp³-hybridized carbons (Fsp3) is 0.0588. The molecule has 3 aromatic rings. The zero-order valence-corrected chi connectivity index (χ0v) is 14.7. The third-order valence-electron chi connectivity index (χ3n) is 3.38. The van der Waals surface area contributed by atoms with Crippen molar-refractivity contribution in [2.24, 2.45) is 0 Å². The maximum Gasteiger partial charge on any atom is 0.267 e. The number of thiophene rings is 1. The van der Waals surface area contributed by atoms with E-state index in [0.29, 0.717) is 42.0 Å². The largest absolute Gasteiger partial charge is 0.495 e. The molecule has 1 N–H and O–H groups in total. The second-order valence-electron chi connectivity index (χ2n) is 4.85. The lowest BCUT2D eigenvalue weighted by molar-refractivity contribution is 0.103. The fourth-order valence-electron chi connectivity index (χ4n) is 2.24. The van der Waals surface area contributed by atoms with Crippen molar-refractivity contribution in [1.29, 1.82) is 5.26 Å². The first-order valence-electron chi connectivity index (χ1n) is 6.81. The summed E-state index contributed by atoms with van der Waals surface area (Å²) in [4.78, 5) is 12.9. The number of carbonyl (C=O) groups excluding carboxylic acids is 1. The van der Waals surface area contributed by atoms with Gasteiger partial charge in [-0.15, -0.1) is 11.3 Å². The minimum atomic E-state index is -0.355. The maximum atomic E-state index is 12.5. The van der Waals surface area contributed by atoms with Gasteiger partial charge in [0.25, 0.3) is 5.91 Å². The van der Waals surface area contributed by atoms with Gasteiger partial charge in [-0.1, -0.05) is 29.3 Å². The average Bonchev–Trinajstić information content (AvgIpc) is 2.93. The topological polar surface area (TPSA) is 62.1 Å². The van der Waals surface area contributed by atoms with Gasteiger partial charge in [-0.05, 0) is 30.3 Å². The van der Waals surface area contributed by atoms with Crippen LogP contribution in [0, 0.1) is 11.3 Å². The molecule has 1 heterocycles. The van der Waals surface area contributed by atoms with Gasteiger partial charge in [-0.25, -0.2) is 0 Å². The molecule has 0 aliphatic rings. The highest BCUT2D eigenvalue weighted by Gasteiger charge is 2.20. The van der Waals surface area contributed by atoms with Crippen LogP contribution < -0.4 is 10.1 Å². The van der Waals surface area contributed by atoms with Crippen molar-refractivity contribution in [2.75, 3.05) is 12.4 Å². The molecule has 24 heavy (non-hydrogen) atoms. The Bertz CT molecular complexity index is 992. The third-order valence-corrected chi connectivity index (χ3v) is 5.59. The predicted molar refractivity (Wildman–Crippen MR) is 97.5 cm³/mol. The number of hydrogen-bond acceptors (Lipinski definition) is 4. The predicted octanol–water partition coefficient (Wildman–Crippen LogP) is 5.34. The summed E-state index contributed by atoms with van der Waals surface area (Å²) in [6.45, 7) is 0. The molecule has 0 bridgehead atoms. The van der Waals surface area contributed by atoms with Crippen LogP contribution in [0.1, 0.15) is 15.2 Å². The van der Waals surface area contributed by atoms with E-state index in [0.717, 1.165) is 0 Å². The Labute approximate surface area is 152 Å². The molecule has 0 fully saturated rings. The molecular weight excluding hydrogens is 367 g/mol. The number of nitrogens with zero attached hydrogens (tertiary/aromatic N) is 1. The van der Waals surface area contributed by atoms with Gasteiger partial charge < -0.3 is 10.1 Å². The number of amides is 1. The van der Waals surface area contributed by atoms with Crippen LogP contribution in [0.4, 0.5) is 5.69 Å². The van der Waals surface area contributed by atoms with Crippen molar-refractivity contribution in [3.63, 3.8) is 0 Å². The van der Waals surface area contributed by atoms with E-state index >= 15 is 0 Å². The molecule has 120 valence electrons. The lowest BCUT2D eigenvalue weighted by atomic mass is 10.2. The number of halogens is 2. The average molecular weight is 377 g/mol. The zero-order valence-electron chi connectivity index (χ0n) is 12.4. The Hall–Kier alpha value is -2.26. The Balaban J connectivity index is 1.99. The minimum Gasteiger partial charge on any atom is -0.495 e. The van der Waals surface area contributed by atoms with E-state index in [4.69, 9.17) is 33.2 Å². The number of anilines is 1. The van der Waals surface area contributed by atoms with Crippen molar-refractivity contribution in [3.05, 3.63) is 56.9 Å².